The van der Waals surface area contributed by atoms with Gasteiger partial charge in [-0.05, 0) is 46.3 Å². The number of carbonyl (C=O) groups excluding carboxylic acids is 1. The summed E-state index contributed by atoms with van der Waals surface area (Å²) in [7, 11) is 0. The van der Waals surface area contributed by atoms with E-state index >= 15 is 0 Å². The lowest BCUT2D eigenvalue weighted by Gasteiger charge is -2.06. The number of pyridine rings is 1. The summed E-state index contributed by atoms with van der Waals surface area (Å²) in [4.78, 5) is 15.9. The summed E-state index contributed by atoms with van der Waals surface area (Å²) in [6, 6.07) is 7.24. The molecule has 0 bridgehead atoms. The molecule has 0 spiro atoms. The fraction of sp³-hybridized carbons (Fsp3) is 0. The summed E-state index contributed by atoms with van der Waals surface area (Å²) in [6.07, 6.45) is 1.57. The zero-order chi connectivity index (χ0) is 13.1. The van der Waals surface area contributed by atoms with Crippen LogP contribution in [0.4, 0.5) is 10.1 Å². The van der Waals surface area contributed by atoms with Crippen molar-refractivity contribution in [1.29, 1.82) is 0 Å². The second-order valence-electron chi connectivity index (χ2n) is 3.42. The number of hydrogen-bond donors (Lipinski definition) is 1. The molecule has 1 amide bonds. The average Bonchev–Trinajstić information content (AvgIpc) is 2.34. The Hall–Kier alpha value is -1.46. The smallest absolute Gasteiger partial charge is 0.258 e. The van der Waals surface area contributed by atoms with E-state index in [9.17, 15) is 9.18 Å². The first-order valence-electron chi connectivity index (χ1n) is 4.95. The molecule has 0 unspecified atom stereocenters. The number of nitrogens with zero attached hydrogens (tertiary/aromatic N) is 1. The van der Waals surface area contributed by atoms with E-state index < -0.39 is 5.82 Å². The summed E-state index contributed by atoms with van der Waals surface area (Å²) in [6.45, 7) is 0. The summed E-state index contributed by atoms with van der Waals surface area (Å²) in [5.41, 5.74) is 0.806. The maximum absolute atomic E-state index is 13.0. The maximum Gasteiger partial charge on any atom is 0.258 e. The highest BCUT2D eigenvalue weighted by atomic mass is 79.9. The van der Waals surface area contributed by atoms with Crippen molar-refractivity contribution in [3.05, 3.63) is 57.5 Å². The van der Waals surface area contributed by atoms with E-state index in [1.807, 2.05) is 0 Å². The van der Waals surface area contributed by atoms with Crippen LogP contribution in [0.25, 0.3) is 0 Å². The van der Waals surface area contributed by atoms with Crippen molar-refractivity contribution in [1.82, 2.24) is 4.98 Å². The van der Waals surface area contributed by atoms with E-state index in [1.165, 1.54) is 18.2 Å². The van der Waals surface area contributed by atoms with E-state index in [1.54, 1.807) is 18.3 Å². The molecular formula is C12H7BrClFN2O. The van der Waals surface area contributed by atoms with Crippen LogP contribution in [0, 0.1) is 5.82 Å². The van der Waals surface area contributed by atoms with Gasteiger partial charge in [-0.3, -0.25) is 4.79 Å². The second-order valence-corrected chi connectivity index (χ2v) is 4.58. The molecule has 2 rings (SSSR count). The van der Waals surface area contributed by atoms with Gasteiger partial charge in [-0.2, -0.15) is 0 Å². The predicted molar refractivity (Wildman–Crippen MR) is 71.3 cm³/mol. The summed E-state index contributed by atoms with van der Waals surface area (Å²) < 4.78 is 13.4. The molecule has 18 heavy (non-hydrogen) atoms. The molecule has 0 aliphatic carbocycles. The van der Waals surface area contributed by atoms with Gasteiger partial charge in [-0.1, -0.05) is 11.6 Å². The topological polar surface area (TPSA) is 42.0 Å². The normalized spacial score (nSPS) is 10.2. The van der Waals surface area contributed by atoms with Gasteiger partial charge in [0, 0.05) is 11.9 Å². The van der Waals surface area contributed by atoms with E-state index in [0.717, 1.165) is 0 Å². The molecule has 1 heterocycles. The fourth-order valence-corrected chi connectivity index (χ4v) is 1.94. The van der Waals surface area contributed by atoms with Crippen LogP contribution in [0.5, 0.6) is 0 Å². The summed E-state index contributed by atoms with van der Waals surface area (Å²) in [5, 5.41) is 2.56. The number of amides is 1. The molecule has 0 fully saturated rings. The third-order valence-corrected chi connectivity index (χ3v) is 3.10. The Morgan fingerprint density at radius 3 is 2.83 bits per heavy atom. The van der Waals surface area contributed by atoms with Gasteiger partial charge in [0.25, 0.3) is 5.91 Å². The molecule has 3 nitrogen and oxygen atoms in total. The van der Waals surface area contributed by atoms with Crippen LogP contribution in [0.1, 0.15) is 10.4 Å². The fourth-order valence-electron chi connectivity index (χ4n) is 1.33. The van der Waals surface area contributed by atoms with Crippen molar-refractivity contribution in [3.8, 4) is 0 Å². The van der Waals surface area contributed by atoms with Gasteiger partial charge in [0.1, 0.15) is 10.4 Å². The van der Waals surface area contributed by atoms with Gasteiger partial charge in [-0.15, -0.1) is 0 Å². The highest BCUT2D eigenvalue weighted by Gasteiger charge is 2.11. The first-order chi connectivity index (χ1) is 8.58. The molecule has 1 aromatic carbocycles. The van der Waals surface area contributed by atoms with Gasteiger partial charge >= 0.3 is 0 Å². The van der Waals surface area contributed by atoms with Gasteiger partial charge < -0.3 is 5.32 Å². The Labute approximate surface area is 116 Å². The minimum atomic E-state index is -0.530. The van der Waals surface area contributed by atoms with Crippen LogP contribution >= 0.6 is 27.5 Å². The van der Waals surface area contributed by atoms with Crippen LogP contribution < -0.4 is 5.32 Å². The van der Waals surface area contributed by atoms with E-state index in [2.05, 4.69) is 26.2 Å². The molecule has 0 saturated heterocycles. The van der Waals surface area contributed by atoms with Crippen LogP contribution in [-0.2, 0) is 0 Å². The molecule has 92 valence electrons. The molecule has 6 heteroatoms. The van der Waals surface area contributed by atoms with Crippen molar-refractivity contribution in [2.45, 2.75) is 0 Å². The van der Waals surface area contributed by atoms with Gasteiger partial charge in [0.2, 0.25) is 0 Å². The van der Waals surface area contributed by atoms with Crippen LogP contribution in [-0.4, -0.2) is 10.9 Å². The van der Waals surface area contributed by atoms with Crippen molar-refractivity contribution in [2.75, 3.05) is 5.32 Å². The average molecular weight is 330 g/mol. The lowest BCUT2D eigenvalue weighted by Crippen LogP contribution is -2.13. The lowest BCUT2D eigenvalue weighted by molar-refractivity contribution is 0.102. The lowest BCUT2D eigenvalue weighted by atomic mass is 10.2. The number of nitrogens with one attached hydrogen (secondary N) is 1. The molecule has 0 saturated carbocycles. The van der Waals surface area contributed by atoms with Crippen LogP contribution in [0.2, 0.25) is 5.02 Å². The van der Waals surface area contributed by atoms with E-state index in [4.69, 9.17) is 11.6 Å². The van der Waals surface area contributed by atoms with Crippen molar-refractivity contribution in [2.24, 2.45) is 0 Å². The summed E-state index contributed by atoms with van der Waals surface area (Å²) in [5.74, 6) is -0.880. The quantitative estimate of drug-likeness (QED) is 0.849. The Balaban J connectivity index is 2.22. The molecular weight excluding hydrogens is 322 g/mol. The SMILES string of the molecule is O=C(Nc1ccc(F)c(Cl)c1)c1cccnc1Br. The predicted octanol–water partition coefficient (Wildman–Crippen LogP) is 3.89. The van der Waals surface area contributed by atoms with E-state index in [0.29, 0.717) is 15.9 Å². The highest BCUT2D eigenvalue weighted by molar-refractivity contribution is 9.10. The number of benzene rings is 1. The number of hydrogen-bond acceptors (Lipinski definition) is 2. The molecule has 0 aliphatic heterocycles. The van der Waals surface area contributed by atoms with Gasteiger partial charge in [0.05, 0.1) is 10.6 Å². The Kier molecular flexibility index (Phi) is 3.93. The minimum Gasteiger partial charge on any atom is -0.322 e. The highest BCUT2D eigenvalue weighted by Crippen LogP contribution is 2.21. The Morgan fingerprint density at radius 1 is 1.39 bits per heavy atom. The molecule has 0 atom stereocenters. The monoisotopic (exact) mass is 328 g/mol. The Bertz CT molecular complexity index is 606. The van der Waals surface area contributed by atoms with Gasteiger partial charge in [-0.25, -0.2) is 9.37 Å². The largest absolute Gasteiger partial charge is 0.322 e. The number of anilines is 1. The Morgan fingerprint density at radius 2 is 2.17 bits per heavy atom. The first kappa shape index (κ1) is 13.0. The minimum absolute atomic E-state index is 0.0435. The van der Waals surface area contributed by atoms with E-state index in [-0.39, 0.29) is 10.9 Å². The second kappa shape index (κ2) is 5.46. The molecule has 0 radical (unpaired) electrons. The number of carbonyl (C=O) groups is 1. The zero-order valence-electron chi connectivity index (χ0n) is 8.95. The third-order valence-electron chi connectivity index (χ3n) is 2.18. The third kappa shape index (κ3) is 2.86. The standard InChI is InChI=1S/C12H7BrClFN2O/c13-11-8(2-1-5-16-11)12(18)17-7-3-4-10(15)9(14)6-7/h1-6H,(H,17,18). The number of rotatable bonds is 2. The number of halogens is 3. The van der Waals surface area contributed by atoms with Crippen LogP contribution in [0.3, 0.4) is 0 Å². The number of aromatic nitrogens is 1. The summed E-state index contributed by atoms with van der Waals surface area (Å²) >= 11 is 8.80. The van der Waals surface area contributed by atoms with Crippen molar-refractivity contribution < 1.29 is 9.18 Å². The molecule has 1 N–H and O–H groups in total. The maximum atomic E-state index is 13.0. The first-order valence-corrected chi connectivity index (χ1v) is 6.12. The van der Waals surface area contributed by atoms with Crippen LogP contribution in [0.15, 0.2) is 41.1 Å². The van der Waals surface area contributed by atoms with Gasteiger partial charge in [0.15, 0.2) is 0 Å². The molecule has 1 aromatic heterocycles. The molecule has 0 aliphatic rings. The zero-order valence-corrected chi connectivity index (χ0v) is 11.3. The van der Waals surface area contributed by atoms with Crippen molar-refractivity contribution in [3.63, 3.8) is 0 Å². The molecule has 2 aromatic rings. The van der Waals surface area contributed by atoms with Crippen molar-refractivity contribution >= 4 is 39.1 Å².